The fraction of sp³-hybridized carbons (Fsp3) is 0.667. The Balaban J connectivity index is 1.91. The number of amides is 3. The third-order valence-electron chi connectivity index (χ3n) is 4.73. The van der Waals surface area contributed by atoms with Crippen LogP contribution >= 0.6 is 0 Å². The molecular weight excluding hydrogens is 348 g/mol. The topological polar surface area (TPSA) is 104 Å². The van der Waals surface area contributed by atoms with Crippen LogP contribution in [0, 0.1) is 0 Å². The highest BCUT2D eigenvalue weighted by Gasteiger charge is 2.50. The van der Waals surface area contributed by atoms with Crippen molar-refractivity contribution in [1.29, 1.82) is 0 Å². The first-order valence-electron chi connectivity index (χ1n) is 8.17. The minimum absolute atomic E-state index is 0.125. The molecular formula is C15H22N4O5S. The van der Waals surface area contributed by atoms with Crippen molar-refractivity contribution in [3.05, 3.63) is 17.8 Å². The zero-order valence-electron chi connectivity index (χ0n) is 14.5. The summed E-state index contributed by atoms with van der Waals surface area (Å²) in [5, 5.41) is 0. The van der Waals surface area contributed by atoms with Crippen molar-refractivity contribution in [3.63, 3.8) is 0 Å². The zero-order chi connectivity index (χ0) is 18.4. The van der Waals surface area contributed by atoms with Crippen LogP contribution in [0.4, 0.5) is 4.79 Å². The minimum Gasteiger partial charge on any atom is -0.448 e. The third kappa shape index (κ3) is 3.10. The summed E-state index contributed by atoms with van der Waals surface area (Å²) < 4.78 is 29.6. The molecule has 3 amide bonds. The number of carbonyl (C=O) groups excluding carboxylic acids is 2. The zero-order valence-corrected chi connectivity index (χ0v) is 15.3. The maximum atomic E-state index is 12.9. The molecule has 1 aromatic heterocycles. The Hall–Kier alpha value is -2.10. The van der Waals surface area contributed by atoms with Crippen LogP contribution in [0.2, 0.25) is 0 Å². The number of nitrogens with zero attached hydrogens (tertiary/aromatic N) is 4. The predicted molar refractivity (Wildman–Crippen MR) is 88.9 cm³/mol. The maximum absolute atomic E-state index is 12.9. The molecule has 2 saturated heterocycles. The van der Waals surface area contributed by atoms with Crippen LogP contribution in [0.15, 0.2) is 10.8 Å². The number of urea groups is 1. The maximum Gasteiger partial charge on any atom is 0.319 e. The van der Waals surface area contributed by atoms with E-state index in [-0.39, 0.29) is 35.7 Å². The molecule has 138 valence electrons. The van der Waals surface area contributed by atoms with Gasteiger partial charge in [0.15, 0.2) is 21.9 Å². The number of aryl methyl sites for hydroxylation is 1. The lowest BCUT2D eigenvalue weighted by Crippen LogP contribution is -2.63. The van der Waals surface area contributed by atoms with Gasteiger partial charge in [0, 0.05) is 33.6 Å². The van der Waals surface area contributed by atoms with Gasteiger partial charge in [0.1, 0.15) is 5.76 Å². The number of oxazole rings is 1. The minimum atomic E-state index is -3.32. The highest BCUT2D eigenvalue weighted by molar-refractivity contribution is 7.91. The molecule has 3 rings (SSSR count). The number of rotatable bonds is 2. The molecule has 2 aliphatic rings. The van der Waals surface area contributed by atoms with E-state index in [9.17, 15) is 18.0 Å². The van der Waals surface area contributed by atoms with Crippen LogP contribution in [0.1, 0.15) is 23.2 Å². The van der Waals surface area contributed by atoms with Gasteiger partial charge in [-0.2, -0.15) is 0 Å². The fourth-order valence-electron chi connectivity index (χ4n) is 3.53. The fourth-order valence-corrected chi connectivity index (χ4v) is 5.51. The van der Waals surface area contributed by atoms with E-state index in [1.165, 1.54) is 16.2 Å². The molecule has 0 saturated carbocycles. The van der Waals surface area contributed by atoms with Gasteiger partial charge in [0.05, 0.1) is 23.6 Å². The van der Waals surface area contributed by atoms with E-state index in [2.05, 4.69) is 4.98 Å². The van der Waals surface area contributed by atoms with Gasteiger partial charge in [-0.15, -0.1) is 0 Å². The SMILES string of the molecule is CCc1ocnc1C(=O)N1CCN(C(=O)N(C)C)[C@@H]2CS(=O)(=O)C[C@@H]21. The quantitative estimate of drug-likeness (QED) is 0.717. The summed E-state index contributed by atoms with van der Waals surface area (Å²) >= 11 is 0. The van der Waals surface area contributed by atoms with Gasteiger partial charge in [-0.25, -0.2) is 18.2 Å². The van der Waals surface area contributed by atoms with Crippen LogP contribution in [-0.2, 0) is 16.3 Å². The molecule has 10 heteroatoms. The van der Waals surface area contributed by atoms with E-state index in [0.717, 1.165) is 0 Å². The van der Waals surface area contributed by atoms with Crippen LogP contribution < -0.4 is 0 Å². The van der Waals surface area contributed by atoms with Crippen molar-refractivity contribution < 1.29 is 22.4 Å². The molecule has 0 aliphatic carbocycles. The van der Waals surface area contributed by atoms with Crippen LogP contribution in [0.25, 0.3) is 0 Å². The van der Waals surface area contributed by atoms with Gasteiger partial charge < -0.3 is 19.1 Å². The Morgan fingerprint density at radius 3 is 2.44 bits per heavy atom. The van der Waals surface area contributed by atoms with Gasteiger partial charge in [-0.3, -0.25) is 4.79 Å². The number of piperazine rings is 1. The van der Waals surface area contributed by atoms with Gasteiger partial charge >= 0.3 is 6.03 Å². The van der Waals surface area contributed by atoms with Crippen LogP contribution in [0.3, 0.4) is 0 Å². The standard InChI is InChI=1S/C15H22N4O5S/c1-4-12-13(16-9-24-12)14(20)18-5-6-19(15(21)17(2)3)11-8-25(22,23)7-10(11)18/h9-11H,4-8H2,1-3H3/t10-,11+/m0/s1. The number of hydrogen-bond donors (Lipinski definition) is 0. The first-order chi connectivity index (χ1) is 11.7. The van der Waals surface area contributed by atoms with Crippen molar-refractivity contribution in [2.24, 2.45) is 0 Å². The molecule has 0 aromatic carbocycles. The molecule has 25 heavy (non-hydrogen) atoms. The van der Waals surface area contributed by atoms with E-state index in [4.69, 9.17) is 4.42 Å². The summed E-state index contributed by atoms with van der Waals surface area (Å²) in [4.78, 5) is 33.8. The van der Waals surface area contributed by atoms with E-state index in [0.29, 0.717) is 18.7 Å². The summed E-state index contributed by atoms with van der Waals surface area (Å²) in [6.07, 6.45) is 1.74. The van der Waals surface area contributed by atoms with Crippen molar-refractivity contribution in [1.82, 2.24) is 19.7 Å². The summed E-state index contributed by atoms with van der Waals surface area (Å²) in [6.45, 7) is 2.41. The summed E-state index contributed by atoms with van der Waals surface area (Å²) in [5.41, 5.74) is 0.220. The Morgan fingerprint density at radius 2 is 1.84 bits per heavy atom. The summed E-state index contributed by atoms with van der Waals surface area (Å²) in [6, 6.07) is -1.33. The second kappa shape index (κ2) is 6.32. The van der Waals surface area contributed by atoms with E-state index < -0.39 is 21.9 Å². The number of carbonyl (C=O) groups is 2. The molecule has 3 heterocycles. The average molecular weight is 370 g/mol. The second-order valence-corrected chi connectivity index (χ2v) is 8.71. The van der Waals surface area contributed by atoms with Crippen molar-refractivity contribution in [3.8, 4) is 0 Å². The first-order valence-corrected chi connectivity index (χ1v) is 9.99. The highest BCUT2D eigenvalue weighted by Crippen LogP contribution is 2.29. The summed E-state index contributed by atoms with van der Waals surface area (Å²) in [7, 11) is -0.0696. The molecule has 0 bridgehead atoms. The molecule has 0 N–H and O–H groups in total. The van der Waals surface area contributed by atoms with Gasteiger partial charge in [-0.1, -0.05) is 6.92 Å². The normalized spacial score (nSPS) is 24.9. The molecule has 9 nitrogen and oxygen atoms in total. The average Bonchev–Trinajstić information content (AvgIpc) is 3.14. The second-order valence-electron chi connectivity index (χ2n) is 6.56. The van der Waals surface area contributed by atoms with Crippen molar-refractivity contribution >= 4 is 21.8 Å². The van der Waals surface area contributed by atoms with E-state index in [1.54, 1.807) is 19.0 Å². The lowest BCUT2D eigenvalue weighted by atomic mass is 10.0. The third-order valence-corrected chi connectivity index (χ3v) is 6.43. The largest absolute Gasteiger partial charge is 0.448 e. The van der Waals surface area contributed by atoms with E-state index >= 15 is 0 Å². The first kappa shape index (κ1) is 17.7. The molecule has 0 spiro atoms. The number of aromatic nitrogens is 1. The van der Waals surface area contributed by atoms with Gasteiger partial charge in [-0.05, 0) is 0 Å². The smallest absolute Gasteiger partial charge is 0.319 e. The number of sulfone groups is 1. The van der Waals surface area contributed by atoms with Crippen LogP contribution in [-0.4, -0.2) is 90.8 Å². The number of fused-ring (bicyclic) bond motifs is 1. The van der Waals surface area contributed by atoms with E-state index in [1.807, 2.05) is 6.92 Å². The van der Waals surface area contributed by atoms with Crippen molar-refractivity contribution in [2.75, 3.05) is 38.7 Å². The molecule has 0 unspecified atom stereocenters. The lowest BCUT2D eigenvalue weighted by Gasteiger charge is -2.44. The Morgan fingerprint density at radius 1 is 1.24 bits per heavy atom. The Kier molecular flexibility index (Phi) is 4.48. The molecule has 2 aliphatic heterocycles. The molecule has 2 fully saturated rings. The highest BCUT2D eigenvalue weighted by atomic mass is 32.2. The monoisotopic (exact) mass is 370 g/mol. The van der Waals surface area contributed by atoms with Gasteiger partial charge in [0.2, 0.25) is 0 Å². The lowest BCUT2D eigenvalue weighted by molar-refractivity contribution is 0.0387. The van der Waals surface area contributed by atoms with Crippen LogP contribution in [0.5, 0.6) is 0 Å². The molecule has 2 atom stereocenters. The van der Waals surface area contributed by atoms with Gasteiger partial charge in [0.25, 0.3) is 5.91 Å². The Labute approximate surface area is 146 Å². The Bertz CT molecular complexity index is 788. The molecule has 0 radical (unpaired) electrons. The summed E-state index contributed by atoms with van der Waals surface area (Å²) in [5.74, 6) is -0.121. The molecule has 1 aromatic rings. The predicted octanol–water partition coefficient (Wildman–Crippen LogP) is -0.158. The number of hydrogen-bond acceptors (Lipinski definition) is 6. The van der Waals surface area contributed by atoms with Crippen molar-refractivity contribution in [2.45, 2.75) is 25.4 Å².